The number of hydrogen-bond donors (Lipinski definition) is 1. The standard InChI is InChI=1S/C44H29N3O/c1-3-12-28(13-4-1)30-22-25-39-36(26-30)32-16-8-10-20-38(32)47(39)31-23-24-34-41(27-31)48-40-21-11-18-35(42(34)40)44-45-37-19-9-7-17-33(37)43(46-44)29-14-5-2-6-15-29/h1-27,44-45H. The first-order chi connectivity index (χ1) is 23.8. The molecular formula is C44H29N3O. The molecular weight excluding hydrogens is 587 g/mol. The molecule has 2 aromatic heterocycles. The van der Waals surface area contributed by atoms with E-state index in [4.69, 9.17) is 9.41 Å². The Morgan fingerprint density at radius 2 is 1.27 bits per heavy atom. The maximum absolute atomic E-state index is 6.62. The van der Waals surface area contributed by atoms with Crippen LogP contribution in [0.4, 0.5) is 5.69 Å². The van der Waals surface area contributed by atoms with Gasteiger partial charge in [-0.15, -0.1) is 0 Å². The number of aromatic nitrogens is 1. The van der Waals surface area contributed by atoms with Gasteiger partial charge in [0.15, 0.2) is 0 Å². The number of rotatable bonds is 4. The van der Waals surface area contributed by atoms with Gasteiger partial charge in [-0.25, -0.2) is 0 Å². The van der Waals surface area contributed by atoms with Gasteiger partial charge in [-0.2, -0.15) is 0 Å². The van der Waals surface area contributed by atoms with Crippen LogP contribution in [0.15, 0.2) is 173 Å². The molecule has 4 heteroatoms. The van der Waals surface area contributed by atoms with Gasteiger partial charge in [-0.05, 0) is 53.6 Å². The van der Waals surface area contributed by atoms with E-state index >= 15 is 0 Å². The van der Waals surface area contributed by atoms with E-state index in [9.17, 15) is 0 Å². The first-order valence-corrected chi connectivity index (χ1v) is 16.3. The van der Waals surface area contributed by atoms with Gasteiger partial charge in [0.1, 0.15) is 17.3 Å². The van der Waals surface area contributed by atoms with Crippen LogP contribution < -0.4 is 5.32 Å². The first-order valence-electron chi connectivity index (χ1n) is 16.3. The van der Waals surface area contributed by atoms with Crippen molar-refractivity contribution in [1.82, 2.24) is 4.57 Å². The fraction of sp³-hybridized carbons (Fsp3) is 0.0227. The molecule has 10 rings (SSSR count). The van der Waals surface area contributed by atoms with Crippen molar-refractivity contribution in [3.63, 3.8) is 0 Å². The summed E-state index contributed by atoms with van der Waals surface area (Å²) in [4.78, 5) is 5.32. The molecule has 0 spiro atoms. The highest BCUT2D eigenvalue weighted by Gasteiger charge is 2.25. The molecule has 0 saturated carbocycles. The minimum atomic E-state index is -0.268. The third-order valence-electron chi connectivity index (χ3n) is 9.63. The van der Waals surface area contributed by atoms with Crippen LogP contribution in [0.5, 0.6) is 0 Å². The van der Waals surface area contributed by atoms with Gasteiger partial charge in [0.2, 0.25) is 0 Å². The van der Waals surface area contributed by atoms with E-state index in [1.807, 2.05) is 6.07 Å². The van der Waals surface area contributed by atoms with Crippen LogP contribution in [0, 0.1) is 0 Å². The SMILES string of the molecule is c1ccc(C2=NC(c3cccc4oc5cc(-n6c7ccccc7c7cc(-c8ccccc8)ccc76)ccc5c34)Nc3ccccc32)cc1. The van der Waals surface area contributed by atoms with E-state index in [0.717, 1.165) is 55.7 Å². The average Bonchev–Trinajstić information content (AvgIpc) is 3.70. The Hall–Kier alpha value is -6.39. The lowest BCUT2D eigenvalue weighted by molar-refractivity contribution is 0.668. The molecule has 0 amide bonds. The van der Waals surface area contributed by atoms with E-state index in [2.05, 4.69) is 168 Å². The van der Waals surface area contributed by atoms with Crippen molar-refractivity contribution in [2.45, 2.75) is 6.17 Å². The number of nitrogens with zero attached hydrogens (tertiary/aromatic N) is 2. The Balaban J connectivity index is 1.13. The molecule has 226 valence electrons. The Morgan fingerprint density at radius 3 is 2.15 bits per heavy atom. The fourth-order valence-electron chi connectivity index (χ4n) is 7.44. The van der Waals surface area contributed by atoms with Crippen molar-refractivity contribution in [1.29, 1.82) is 0 Å². The maximum atomic E-state index is 6.62. The first kappa shape index (κ1) is 26.8. The summed E-state index contributed by atoms with van der Waals surface area (Å²) in [5.41, 5.74) is 12.9. The molecule has 0 radical (unpaired) electrons. The Labute approximate surface area is 277 Å². The summed E-state index contributed by atoms with van der Waals surface area (Å²) in [7, 11) is 0. The van der Waals surface area contributed by atoms with Crippen LogP contribution in [0.2, 0.25) is 0 Å². The van der Waals surface area contributed by atoms with Crippen molar-refractivity contribution in [2.75, 3.05) is 5.32 Å². The van der Waals surface area contributed by atoms with Gasteiger partial charge < -0.3 is 14.3 Å². The molecule has 0 saturated heterocycles. The fourth-order valence-corrected chi connectivity index (χ4v) is 7.44. The maximum Gasteiger partial charge on any atom is 0.146 e. The van der Waals surface area contributed by atoms with Crippen molar-refractivity contribution in [3.8, 4) is 16.8 Å². The third kappa shape index (κ3) is 4.13. The zero-order valence-corrected chi connectivity index (χ0v) is 26.0. The van der Waals surface area contributed by atoms with Gasteiger partial charge >= 0.3 is 0 Å². The van der Waals surface area contributed by atoms with E-state index < -0.39 is 0 Å². The largest absolute Gasteiger partial charge is 0.456 e. The Kier molecular flexibility index (Phi) is 5.90. The minimum Gasteiger partial charge on any atom is -0.456 e. The second-order valence-electron chi connectivity index (χ2n) is 12.4. The average molecular weight is 616 g/mol. The number of furan rings is 1. The minimum absolute atomic E-state index is 0.268. The van der Waals surface area contributed by atoms with Crippen LogP contribution in [-0.4, -0.2) is 10.3 Å². The summed E-state index contributed by atoms with van der Waals surface area (Å²) >= 11 is 0. The predicted molar refractivity (Wildman–Crippen MR) is 198 cm³/mol. The van der Waals surface area contributed by atoms with Crippen LogP contribution in [-0.2, 0) is 0 Å². The van der Waals surface area contributed by atoms with Gasteiger partial charge in [-0.1, -0.05) is 115 Å². The highest BCUT2D eigenvalue weighted by molar-refractivity contribution is 6.17. The van der Waals surface area contributed by atoms with Crippen molar-refractivity contribution < 1.29 is 4.42 Å². The van der Waals surface area contributed by atoms with E-state index in [0.29, 0.717) is 0 Å². The summed E-state index contributed by atoms with van der Waals surface area (Å²) in [5, 5.41) is 8.34. The smallest absolute Gasteiger partial charge is 0.146 e. The van der Waals surface area contributed by atoms with E-state index in [-0.39, 0.29) is 6.17 Å². The normalized spacial score (nSPS) is 14.3. The molecule has 7 aromatic carbocycles. The molecule has 1 atom stereocenters. The number of anilines is 1. The Morgan fingerprint density at radius 1 is 0.521 bits per heavy atom. The van der Waals surface area contributed by atoms with Crippen molar-refractivity contribution >= 4 is 55.1 Å². The summed E-state index contributed by atoms with van der Waals surface area (Å²) in [5.74, 6) is 0. The number of nitrogens with one attached hydrogen (secondary N) is 1. The predicted octanol–water partition coefficient (Wildman–Crippen LogP) is 11.3. The van der Waals surface area contributed by atoms with Crippen LogP contribution in [0.3, 0.4) is 0 Å². The Bertz CT molecular complexity index is 2700. The molecule has 48 heavy (non-hydrogen) atoms. The van der Waals surface area contributed by atoms with Crippen molar-refractivity contribution in [2.24, 2.45) is 4.99 Å². The molecule has 1 aliphatic heterocycles. The highest BCUT2D eigenvalue weighted by Crippen LogP contribution is 2.41. The van der Waals surface area contributed by atoms with Gasteiger partial charge in [0, 0.05) is 55.7 Å². The molecule has 3 heterocycles. The van der Waals surface area contributed by atoms with E-state index in [1.165, 1.54) is 32.9 Å². The molecule has 4 nitrogen and oxygen atoms in total. The monoisotopic (exact) mass is 615 g/mol. The number of para-hydroxylation sites is 2. The lowest BCUT2D eigenvalue weighted by Crippen LogP contribution is -2.20. The van der Waals surface area contributed by atoms with Gasteiger partial charge in [-0.3, -0.25) is 4.99 Å². The highest BCUT2D eigenvalue weighted by atomic mass is 16.3. The third-order valence-corrected chi connectivity index (χ3v) is 9.63. The summed E-state index contributed by atoms with van der Waals surface area (Å²) < 4.78 is 8.97. The topological polar surface area (TPSA) is 42.5 Å². The van der Waals surface area contributed by atoms with Crippen LogP contribution in [0.1, 0.15) is 22.9 Å². The van der Waals surface area contributed by atoms with Crippen LogP contribution >= 0.6 is 0 Å². The summed E-state index contributed by atoms with van der Waals surface area (Å²) in [6, 6.07) is 57.8. The van der Waals surface area contributed by atoms with Gasteiger partial charge in [0.05, 0.1) is 16.7 Å². The molecule has 1 aliphatic rings. The number of fused-ring (bicyclic) bond motifs is 7. The molecule has 1 unspecified atom stereocenters. The quantitative estimate of drug-likeness (QED) is 0.214. The summed E-state index contributed by atoms with van der Waals surface area (Å²) in [6.45, 7) is 0. The lowest BCUT2D eigenvalue weighted by atomic mass is 9.96. The lowest BCUT2D eigenvalue weighted by Gasteiger charge is -2.26. The van der Waals surface area contributed by atoms with Crippen molar-refractivity contribution in [3.05, 3.63) is 180 Å². The zero-order valence-electron chi connectivity index (χ0n) is 26.0. The van der Waals surface area contributed by atoms with Crippen LogP contribution in [0.25, 0.3) is 60.6 Å². The number of aliphatic imine (C=N–C) groups is 1. The summed E-state index contributed by atoms with van der Waals surface area (Å²) in [6.07, 6.45) is -0.268. The van der Waals surface area contributed by atoms with Gasteiger partial charge in [0.25, 0.3) is 0 Å². The molecule has 9 aromatic rings. The second-order valence-corrected chi connectivity index (χ2v) is 12.4. The van der Waals surface area contributed by atoms with E-state index in [1.54, 1.807) is 0 Å². The number of benzene rings is 7. The molecule has 0 fully saturated rings. The zero-order chi connectivity index (χ0) is 31.6. The second kappa shape index (κ2) is 10.6. The molecule has 0 bridgehead atoms. The number of hydrogen-bond acceptors (Lipinski definition) is 3. The molecule has 0 aliphatic carbocycles. The molecule has 1 N–H and O–H groups in total.